The zero-order chi connectivity index (χ0) is 20.8. The standard InChI is InChI=1S/C24H36N6/c1-25-24(26-13-6-10-21-16-27-28(2)17-21)30-15-12-23-22(19-30)11-7-14-29(23)18-20-8-4-3-5-9-20/h3-5,8-9,16-17,22-23H,6-7,10-15,18-19H2,1-2H3,(H,25,26). The van der Waals surface area contributed by atoms with Gasteiger partial charge in [-0.15, -0.1) is 0 Å². The summed E-state index contributed by atoms with van der Waals surface area (Å²) in [5.41, 5.74) is 2.74. The van der Waals surface area contributed by atoms with E-state index in [0.717, 1.165) is 50.9 Å². The van der Waals surface area contributed by atoms with E-state index in [9.17, 15) is 0 Å². The molecule has 2 aliphatic rings. The van der Waals surface area contributed by atoms with Crippen LogP contribution in [0, 0.1) is 5.92 Å². The summed E-state index contributed by atoms with van der Waals surface area (Å²) in [6.45, 7) is 5.49. The van der Waals surface area contributed by atoms with Crippen LogP contribution in [-0.4, -0.2) is 64.8 Å². The lowest BCUT2D eigenvalue weighted by atomic mass is 9.83. The van der Waals surface area contributed by atoms with Crippen LogP contribution in [0.15, 0.2) is 47.7 Å². The molecule has 1 aromatic heterocycles. The van der Waals surface area contributed by atoms with Gasteiger partial charge in [-0.3, -0.25) is 14.6 Å². The van der Waals surface area contributed by atoms with E-state index in [4.69, 9.17) is 0 Å². The second-order valence-corrected chi connectivity index (χ2v) is 8.76. The molecule has 0 aliphatic carbocycles. The summed E-state index contributed by atoms with van der Waals surface area (Å²) in [5, 5.41) is 7.85. The number of hydrogen-bond donors (Lipinski definition) is 1. The lowest BCUT2D eigenvalue weighted by Crippen LogP contribution is -2.56. The minimum Gasteiger partial charge on any atom is -0.356 e. The van der Waals surface area contributed by atoms with Gasteiger partial charge in [0.15, 0.2) is 5.96 Å². The number of aliphatic imine (C=N–C) groups is 1. The fourth-order valence-corrected chi connectivity index (χ4v) is 5.14. The monoisotopic (exact) mass is 408 g/mol. The highest BCUT2D eigenvalue weighted by atomic mass is 15.3. The molecule has 0 spiro atoms. The Kier molecular flexibility index (Phi) is 7.05. The van der Waals surface area contributed by atoms with Crippen molar-refractivity contribution in [3.05, 3.63) is 53.9 Å². The van der Waals surface area contributed by atoms with Crippen molar-refractivity contribution in [3.8, 4) is 0 Å². The molecular weight excluding hydrogens is 372 g/mol. The van der Waals surface area contributed by atoms with Crippen molar-refractivity contribution in [2.24, 2.45) is 18.0 Å². The van der Waals surface area contributed by atoms with Gasteiger partial charge in [-0.25, -0.2) is 0 Å². The Bertz CT molecular complexity index is 814. The molecule has 2 fully saturated rings. The van der Waals surface area contributed by atoms with Crippen molar-refractivity contribution in [2.45, 2.75) is 44.7 Å². The van der Waals surface area contributed by atoms with Crippen molar-refractivity contribution < 1.29 is 0 Å². The highest BCUT2D eigenvalue weighted by molar-refractivity contribution is 5.80. The molecule has 6 heteroatoms. The average molecular weight is 409 g/mol. The second-order valence-electron chi connectivity index (χ2n) is 8.76. The first-order chi connectivity index (χ1) is 14.7. The van der Waals surface area contributed by atoms with Gasteiger partial charge >= 0.3 is 0 Å². The maximum atomic E-state index is 4.59. The molecule has 0 saturated carbocycles. The Morgan fingerprint density at radius 3 is 2.80 bits per heavy atom. The summed E-state index contributed by atoms with van der Waals surface area (Å²) in [6.07, 6.45) is 10.1. The predicted octanol–water partition coefficient (Wildman–Crippen LogP) is 2.91. The Morgan fingerprint density at radius 1 is 1.17 bits per heavy atom. The number of nitrogens with one attached hydrogen (secondary N) is 1. The summed E-state index contributed by atoms with van der Waals surface area (Å²) in [6, 6.07) is 11.6. The topological polar surface area (TPSA) is 48.7 Å². The maximum Gasteiger partial charge on any atom is 0.193 e. The molecule has 0 amide bonds. The molecule has 1 aromatic carbocycles. The molecule has 0 radical (unpaired) electrons. The Morgan fingerprint density at radius 2 is 2.03 bits per heavy atom. The lowest BCUT2D eigenvalue weighted by Gasteiger charge is -2.48. The van der Waals surface area contributed by atoms with E-state index >= 15 is 0 Å². The molecule has 2 saturated heterocycles. The minimum absolute atomic E-state index is 0.707. The third-order valence-electron chi connectivity index (χ3n) is 6.61. The van der Waals surface area contributed by atoms with Crippen LogP contribution in [0.5, 0.6) is 0 Å². The Hall–Kier alpha value is -2.34. The molecule has 30 heavy (non-hydrogen) atoms. The van der Waals surface area contributed by atoms with E-state index < -0.39 is 0 Å². The van der Waals surface area contributed by atoms with Crippen LogP contribution in [0.4, 0.5) is 0 Å². The molecule has 6 nitrogen and oxygen atoms in total. The first-order valence-electron chi connectivity index (χ1n) is 11.4. The van der Waals surface area contributed by atoms with E-state index in [1.54, 1.807) is 0 Å². The third-order valence-corrected chi connectivity index (χ3v) is 6.61. The van der Waals surface area contributed by atoms with Crippen LogP contribution in [0.25, 0.3) is 0 Å². The molecule has 2 unspecified atom stereocenters. The number of nitrogens with zero attached hydrogens (tertiary/aromatic N) is 5. The first kappa shape index (κ1) is 20.9. The number of fused-ring (bicyclic) bond motifs is 1. The zero-order valence-corrected chi connectivity index (χ0v) is 18.5. The SMILES string of the molecule is CN=C(NCCCc1cnn(C)c1)N1CCC2C(CCCN2Cc2ccccc2)C1. The van der Waals surface area contributed by atoms with Crippen LogP contribution < -0.4 is 5.32 Å². The van der Waals surface area contributed by atoms with Gasteiger partial charge < -0.3 is 10.2 Å². The fourth-order valence-electron chi connectivity index (χ4n) is 5.14. The van der Waals surface area contributed by atoms with Crippen molar-refractivity contribution >= 4 is 5.96 Å². The Labute approximate surface area is 181 Å². The van der Waals surface area contributed by atoms with Gasteiger partial charge in [-0.05, 0) is 55.7 Å². The molecule has 2 atom stereocenters. The summed E-state index contributed by atoms with van der Waals surface area (Å²) in [5.74, 6) is 1.81. The average Bonchev–Trinajstić information content (AvgIpc) is 3.19. The van der Waals surface area contributed by atoms with Gasteiger partial charge in [0.1, 0.15) is 0 Å². The number of aromatic nitrogens is 2. The minimum atomic E-state index is 0.707. The maximum absolute atomic E-state index is 4.59. The van der Waals surface area contributed by atoms with Gasteiger partial charge in [0.2, 0.25) is 0 Å². The van der Waals surface area contributed by atoms with E-state index in [0.29, 0.717) is 6.04 Å². The van der Waals surface area contributed by atoms with Crippen molar-refractivity contribution in [1.82, 2.24) is 24.9 Å². The largest absolute Gasteiger partial charge is 0.356 e. The van der Waals surface area contributed by atoms with Crippen molar-refractivity contribution in [3.63, 3.8) is 0 Å². The van der Waals surface area contributed by atoms with Crippen LogP contribution in [0.3, 0.4) is 0 Å². The van der Waals surface area contributed by atoms with Crippen LogP contribution in [0.2, 0.25) is 0 Å². The molecule has 4 rings (SSSR count). The molecule has 2 aromatic rings. The highest BCUT2D eigenvalue weighted by Crippen LogP contribution is 2.31. The van der Waals surface area contributed by atoms with E-state index in [-0.39, 0.29) is 0 Å². The molecule has 1 N–H and O–H groups in total. The van der Waals surface area contributed by atoms with Gasteiger partial charge in [-0.2, -0.15) is 5.10 Å². The van der Waals surface area contributed by atoms with Gasteiger partial charge in [-0.1, -0.05) is 30.3 Å². The number of likely N-dealkylation sites (tertiary alicyclic amines) is 2. The third kappa shape index (κ3) is 5.22. The number of benzene rings is 1. The molecular formula is C24H36N6. The smallest absolute Gasteiger partial charge is 0.193 e. The zero-order valence-electron chi connectivity index (χ0n) is 18.5. The quantitative estimate of drug-likeness (QED) is 0.454. The van der Waals surface area contributed by atoms with Gasteiger partial charge in [0.25, 0.3) is 0 Å². The van der Waals surface area contributed by atoms with Crippen LogP contribution in [0.1, 0.15) is 36.8 Å². The number of rotatable bonds is 6. The van der Waals surface area contributed by atoms with E-state index in [1.165, 1.54) is 36.9 Å². The summed E-state index contributed by atoms with van der Waals surface area (Å²) >= 11 is 0. The number of guanidine groups is 1. The lowest BCUT2D eigenvalue weighted by molar-refractivity contribution is 0.0372. The molecule has 162 valence electrons. The fraction of sp³-hybridized carbons (Fsp3) is 0.583. The van der Waals surface area contributed by atoms with Gasteiger partial charge in [0.05, 0.1) is 6.20 Å². The Balaban J connectivity index is 1.27. The normalized spacial score (nSPS) is 22.7. The summed E-state index contributed by atoms with van der Waals surface area (Å²) < 4.78 is 1.87. The van der Waals surface area contributed by atoms with Crippen LogP contribution >= 0.6 is 0 Å². The molecule has 2 aliphatic heterocycles. The number of hydrogen-bond acceptors (Lipinski definition) is 3. The molecule has 3 heterocycles. The van der Waals surface area contributed by atoms with Crippen molar-refractivity contribution in [2.75, 3.05) is 33.2 Å². The summed E-state index contributed by atoms with van der Waals surface area (Å²) in [4.78, 5) is 9.80. The van der Waals surface area contributed by atoms with Crippen molar-refractivity contribution in [1.29, 1.82) is 0 Å². The number of piperidine rings is 2. The molecule has 0 bridgehead atoms. The second kappa shape index (κ2) is 10.1. The van der Waals surface area contributed by atoms with E-state index in [1.807, 2.05) is 25.0 Å². The van der Waals surface area contributed by atoms with Crippen LogP contribution in [-0.2, 0) is 20.0 Å². The first-order valence-corrected chi connectivity index (χ1v) is 11.4. The number of aryl methyl sites for hydroxylation is 2. The van der Waals surface area contributed by atoms with Gasteiger partial charge in [0, 0.05) is 52.5 Å². The van der Waals surface area contributed by atoms with E-state index in [2.05, 4.69) is 61.7 Å². The summed E-state index contributed by atoms with van der Waals surface area (Å²) in [7, 11) is 3.89. The highest BCUT2D eigenvalue weighted by Gasteiger charge is 2.36. The predicted molar refractivity (Wildman–Crippen MR) is 122 cm³/mol.